The van der Waals surface area contributed by atoms with Crippen LogP contribution in [-0.4, -0.2) is 18.8 Å². The summed E-state index contributed by atoms with van der Waals surface area (Å²) in [6.45, 7) is 0.624. The second-order valence-electron chi connectivity index (χ2n) is 3.32. The van der Waals surface area contributed by atoms with Crippen molar-refractivity contribution in [2.75, 3.05) is 13.7 Å². The number of hydrogen-bond donors (Lipinski definition) is 1. The van der Waals surface area contributed by atoms with Crippen molar-refractivity contribution >= 4 is 15.9 Å². The Morgan fingerprint density at radius 3 is 2.87 bits per heavy atom. The zero-order chi connectivity index (χ0) is 11.3. The fourth-order valence-electron chi connectivity index (χ4n) is 1.31. The first-order valence-corrected chi connectivity index (χ1v) is 5.56. The molecular formula is C11H14BrFO2. The highest BCUT2D eigenvalue weighted by Gasteiger charge is 2.09. The molecule has 84 valence electrons. The second kappa shape index (κ2) is 6.20. The fraction of sp³-hybridized carbons (Fsp3) is 0.455. The normalized spacial score (nSPS) is 12.8. The van der Waals surface area contributed by atoms with E-state index in [1.807, 2.05) is 0 Å². The molecule has 0 aliphatic carbocycles. The van der Waals surface area contributed by atoms with Gasteiger partial charge in [-0.3, -0.25) is 0 Å². The molecule has 0 saturated heterocycles. The first kappa shape index (κ1) is 12.6. The van der Waals surface area contributed by atoms with Gasteiger partial charge in [-0.05, 0) is 46.5 Å². The third kappa shape index (κ3) is 3.89. The molecule has 1 atom stereocenters. The summed E-state index contributed by atoms with van der Waals surface area (Å²) in [6, 6.07) is 4.54. The zero-order valence-corrected chi connectivity index (χ0v) is 10.1. The van der Waals surface area contributed by atoms with E-state index in [1.165, 1.54) is 6.07 Å². The molecule has 15 heavy (non-hydrogen) atoms. The molecular weight excluding hydrogens is 263 g/mol. The number of aliphatic hydroxyl groups is 1. The highest BCUT2D eigenvalue weighted by molar-refractivity contribution is 9.10. The number of rotatable bonds is 5. The van der Waals surface area contributed by atoms with Crippen molar-refractivity contribution in [3.63, 3.8) is 0 Å². The average molecular weight is 277 g/mol. The van der Waals surface area contributed by atoms with Crippen LogP contribution in [0, 0.1) is 5.82 Å². The van der Waals surface area contributed by atoms with Crippen molar-refractivity contribution in [2.24, 2.45) is 0 Å². The minimum Gasteiger partial charge on any atom is -0.388 e. The molecule has 2 nitrogen and oxygen atoms in total. The lowest BCUT2D eigenvalue weighted by molar-refractivity contribution is 0.136. The van der Waals surface area contributed by atoms with Crippen LogP contribution in [0.25, 0.3) is 0 Å². The summed E-state index contributed by atoms with van der Waals surface area (Å²) >= 11 is 3.09. The summed E-state index contributed by atoms with van der Waals surface area (Å²) in [6.07, 6.45) is 0.843. The van der Waals surface area contributed by atoms with Crippen LogP contribution >= 0.6 is 15.9 Å². The largest absolute Gasteiger partial charge is 0.388 e. The maximum absolute atomic E-state index is 12.9. The van der Waals surface area contributed by atoms with Crippen LogP contribution in [0.2, 0.25) is 0 Å². The van der Waals surface area contributed by atoms with Gasteiger partial charge in [0.15, 0.2) is 0 Å². The van der Waals surface area contributed by atoms with Gasteiger partial charge in [0.05, 0.1) is 10.6 Å². The number of hydrogen-bond acceptors (Lipinski definition) is 2. The van der Waals surface area contributed by atoms with Crippen molar-refractivity contribution in [3.8, 4) is 0 Å². The van der Waals surface area contributed by atoms with E-state index in [1.54, 1.807) is 19.2 Å². The van der Waals surface area contributed by atoms with E-state index in [0.29, 0.717) is 17.5 Å². The predicted octanol–water partition coefficient (Wildman–Crippen LogP) is 3.05. The maximum Gasteiger partial charge on any atom is 0.137 e. The molecule has 0 radical (unpaired) electrons. The van der Waals surface area contributed by atoms with E-state index in [-0.39, 0.29) is 5.82 Å². The Morgan fingerprint density at radius 1 is 1.53 bits per heavy atom. The number of benzene rings is 1. The number of halogens is 2. The molecule has 1 rings (SSSR count). The number of aliphatic hydroxyl groups excluding tert-OH is 1. The average Bonchev–Trinajstić information content (AvgIpc) is 2.22. The first-order chi connectivity index (χ1) is 7.15. The Kier molecular flexibility index (Phi) is 5.22. The highest BCUT2D eigenvalue weighted by Crippen LogP contribution is 2.23. The van der Waals surface area contributed by atoms with Gasteiger partial charge in [-0.2, -0.15) is 0 Å². The molecule has 1 aromatic rings. The smallest absolute Gasteiger partial charge is 0.137 e. The molecule has 0 amide bonds. The van der Waals surface area contributed by atoms with Crippen LogP contribution in [0.15, 0.2) is 22.7 Å². The van der Waals surface area contributed by atoms with Gasteiger partial charge in [-0.1, -0.05) is 6.07 Å². The van der Waals surface area contributed by atoms with Crippen molar-refractivity contribution in [1.82, 2.24) is 0 Å². The molecule has 1 unspecified atom stereocenters. The molecule has 0 heterocycles. The second-order valence-corrected chi connectivity index (χ2v) is 4.18. The van der Waals surface area contributed by atoms with Gasteiger partial charge in [0, 0.05) is 13.7 Å². The van der Waals surface area contributed by atoms with Crippen LogP contribution in [0.5, 0.6) is 0 Å². The maximum atomic E-state index is 12.9. The summed E-state index contributed by atoms with van der Waals surface area (Å²) in [7, 11) is 1.63. The molecule has 0 saturated carbocycles. The molecule has 0 bridgehead atoms. The first-order valence-electron chi connectivity index (χ1n) is 4.77. The lowest BCUT2D eigenvalue weighted by Gasteiger charge is -2.11. The van der Waals surface area contributed by atoms with Gasteiger partial charge in [0.25, 0.3) is 0 Å². The molecule has 4 heteroatoms. The number of methoxy groups -OCH3 is 1. The van der Waals surface area contributed by atoms with Crippen LogP contribution < -0.4 is 0 Å². The molecule has 0 aliphatic rings. The minimum atomic E-state index is -0.558. The highest BCUT2D eigenvalue weighted by atomic mass is 79.9. The van der Waals surface area contributed by atoms with E-state index >= 15 is 0 Å². The third-order valence-corrected chi connectivity index (χ3v) is 2.76. The van der Waals surface area contributed by atoms with E-state index < -0.39 is 6.10 Å². The van der Waals surface area contributed by atoms with Crippen LogP contribution in [0.3, 0.4) is 0 Å². The Morgan fingerprint density at radius 2 is 2.27 bits per heavy atom. The molecule has 0 spiro atoms. The minimum absolute atomic E-state index is 0.317. The molecule has 0 aliphatic heterocycles. The standard InChI is InChI=1S/C11H14BrFO2/c1-15-6-2-3-11(14)8-4-5-10(13)9(12)7-8/h4-5,7,11,14H,2-3,6H2,1H3. The van der Waals surface area contributed by atoms with Crippen molar-refractivity contribution in [1.29, 1.82) is 0 Å². The summed E-state index contributed by atoms with van der Waals surface area (Å²) in [4.78, 5) is 0. The summed E-state index contributed by atoms with van der Waals surface area (Å²) in [5.74, 6) is -0.317. The van der Waals surface area contributed by atoms with Crippen LogP contribution in [-0.2, 0) is 4.74 Å². The summed E-state index contributed by atoms with van der Waals surface area (Å²) in [5, 5.41) is 9.76. The van der Waals surface area contributed by atoms with Crippen molar-refractivity contribution in [2.45, 2.75) is 18.9 Å². The molecule has 1 aromatic carbocycles. The summed E-state index contributed by atoms with van der Waals surface area (Å²) < 4.78 is 18.2. The lowest BCUT2D eigenvalue weighted by atomic mass is 10.1. The predicted molar refractivity (Wildman–Crippen MR) is 60.2 cm³/mol. The van der Waals surface area contributed by atoms with Gasteiger partial charge in [-0.15, -0.1) is 0 Å². The van der Waals surface area contributed by atoms with Crippen molar-refractivity contribution in [3.05, 3.63) is 34.1 Å². The topological polar surface area (TPSA) is 29.5 Å². The zero-order valence-electron chi connectivity index (χ0n) is 8.54. The number of ether oxygens (including phenoxy) is 1. The fourth-order valence-corrected chi connectivity index (χ4v) is 1.70. The Bertz CT molecular complexity index is 317. The van der Waals surface area contributed by atoms with Gasteiger partial charge in [0.1, 0.15) is 5.82 Å². The van der Waals surface area contributed by atoms with Crippen molar-refractivity contribution < 1.29 is 14.2 Å². The lowest BCUT2D eigenvalue weighted by Crippen LogP contribution is -2.00. The Balaban J connectivity index is 2.57. The van der Waals surface area contributed by atoms with Crippen LogP contribution in [0.4, 0.5) is 4.39 Å². The molecule has 0 aromatic heterocycles. The summed E-state index contributed by atoms with van der Waals surface area (Å²) in [5.41, 5.74) is 0.722. The van der Waals surface area contributed by atoms with Gasteiger partial charge >= 0.3 is 0 Å². The van der Waals surface area contributed by atoms with E-state index in [4.69, 9.17) is 4.74 Å². The SMILES string of the molecule is COCCCC(O)c1ccc(F)c(Br)c1. The van der Waals surface area contributed by atoms with Gasteiger partial charge in [0.2, 0.25) is 0 Å². The van der Waals surface area contributed by atoms with Crippen LogP contribution in [0.1, 0.15) is 24.5 Å². The van der Waals surface area contributed by atoms with E-state index in [9.17, 15) is 9.50 Å². The quantitative estimate of drug-likeness (QED) is 0.838. The third-order valence-electron chi connectivity index (χ3n) is 2.15. The Labute approximate surface area is 97.2 Å². The van der Waals surface area contributed by atoms with Gasteiger partial charge in [-0.25, -0.2) is 4.39 Å². The Hall–Kier alpha value is -0.450. The molecule has 1 N–H and O–H groups in total. The molecule has 0 fully saturated rings. The van der Waals surface area contributed by atoms with Gasteiger partial charge < -0.3 is 9.84 Å². The monoisotopic (exact) mass is 276 g/mol. The van der Waals surface area contributed by atoms with E-state index in [0.717, 1.165) is 12.0 Å². The van der Waals surface area contributed by atoms with E-state index in [2.05, 4.69) is 15.9 Å².